The molecule has 84 valence electrons. The summed E-state index contributed by atoms with van der Waals surface area (Å²) in [5.41, 5.74) is 0.807. The molecule has 1 N–H and O–H groups in total. The molecular weight excluding hydrogens is 224 g/mol. The van der Waals surface area contributed by atoms with Crippen LogP contribution in [0.2, 0.25) is 0 Å². The monoisotopic (exact) mass is 230 g/mol. The lowest BCUT2D eigenvalue weighted by Crippen LogP contribution is -2.15. The molecule has 0 atom stereocenters. The van der Waals surface area contributed by atoms with E-state index in [1.54, 1.807) is 24.4 Å². The molecule has 2 aliphatic heterocycles. The van der Waals surface area contributed by atoms with Crippen molar-refractivity contribution in [2.45, 2.75) is 0 Å². The summed E-state index contributed by atoms with van der Waals surface area (Å²) in [4.78, 5) is 20.4. The molecule has 2 aliphatic rings. The Kier molecular flexibility index (Phi) is 1.94. The van der Waals surface area contributed by atoms with E-state index < -0.39 is 5.97 Å². The van der Waals surface area contributed by atoms with Crippen molar-refractivity contribution in [3.05, 3.63) is 34.3 Å². The molecule has 0 amide bonds. The largest absolute Gasteiger partial charge is 0.475 e. The van der Waals surface area contributed by atoms with E-state index in [0.29, 0.717) is 11.0 Å². The molecule has 1 aromatic carbocycles. The van der Waals surface area contributed by atoms with E-state index in [1.807, 2.05) is 0 Å². The Bertz CT molecular complexity index is 688. The molecule has 0 saturated heterocycles. The normalized spacial score (nSPS) is 15.2. The summed E-state index contributed by atoms with van der Waals surface area (Å²) < 4.78 is 0. The number of azo groups is 1. The van der Waals surface area contributed by atoms with Crippen molar-refractivity contribution in [1.29, 1.82) is 0 Å². The predicted molar refractivity (Wildman–Crippen MR) is 56.8 cm³/mol. The average molecular weight is 230 g/mol. The van der Waals surface area contributed by atoms with Crippen molar-refractivity contribution in [2.75, 3.05) is 0 Å². The zero-order valence-electron chi connectivity index (χ0n) is 8.45. The van der Waals surface area contributed by atoms with Crippen molar-refractivity contribution in [3.8, 4) is 5.75 Å². The Morgan fingerprint density at radius 1 is 1.24 bits per heavy atom. The number of aliphatic carboxylic acids is 1. The second-order valence-electron chi connectivity index (χ2n) is 3.45. The first-order valence-electron chi connectivity index (χ1n) is 4.78. The van der Waals surface area contributed by atoms with E-state index in [9.17, 15) is 4.79 Å². The number of hydrogen-bond donors (Lipinski definition) is 1. The number of hydrogen-bond acceptors (Lipinski definition) is 5. The lowest BCUT2D eigenvalue weighted by Gasteiger charge is -1.96. The van der Waals surface area contributed by atoms with Gasteiger partial charge < -0.3 is 5.11 Å². The van der Waals surface area contributed by atoms with E-state index in [-0.39, 0.29) is 5.76 Å². The maximum Gasteiger partial charge on any atom is 0.377 e. The smallest absolute Gasteiger partial charge is 0.377 e. The highest BCUT2D eigenvalue weighted by Crippen LogP contribution is 2.15. The lowest BCUT2D eigenvalue weighted by molar-refractivity contribution is -0.152. The van der Waals surface area contributed by atoms with E-state index in [0.717, 1.165) is 10.8 Å². The van der Waals surface area contributed by atoms with E-state index >= 15 is 0 Å². The van der Waals surface area contributed by atoms with Crippen LogP contribution in [0.5, 0.6) is 5.75 Å². The van der Waals surface area contributed by atoms with Crippen LogP contribution in [-0.2, 0) is 9.68 Å². The van der Waals surface area contributed by atoms with Gasteiger partial charge in [0.25, 0.3) is 5.76 Å². The minimum absolute atomic E-state index is 0.214. The zero-order chi connectivity index (χ0) is 11.8. The van der Waals surface area contributed by atoms with E-state index in [2.05, 4.69) is 15.1 Å². The van der Waals surface area contributed by atoms with Crippen molar-refractivity contribution >= 4 is 24.0 Å². The van der Waals surface area contributed by atoms with Gasteiger partial charge in [0.2, 0.25) is 0 Å². The molecule has 0 aromatic heterocycles. The van der Waals surface area contributed by atoms with Crippen LogP contribution in [0, 0.1) is 0 Å². The first-order valence-corrected chi connectivity index (χ1v) is 4.78. The molecule has 0 fully saturated rings. The highest BCUT2D eigenvalue weighted by Gasteiger charge is 2.22. The van der Waals surface area contributed by atoms with Crippen LogP contribution in [0.4, 0.5) is 0 Å². The van der Waals surface area contributed by atoms with Crippen LogP contribution in [0.1, 0.15) is 5.56 Å². The number of carboxylic acid groups (broad SMARTS) is 1. The quantitative estimate of drug-likeness (QED) is 0.707. The number of carboxylic acids is 1. The summed E-state index contributed by atoms with van der Waals surface area (Å²) in [5.74, 6) is -1.02. The number of nitrogens with zero attached hydrogens (tertiary/aromatic N) is 2. The molecular formula is C11H6N2O4. The summed E-state index contributed by atoms with van der Waals surface area (Å²) in [7, 11) is 0. The average Bonchev–Trinajstić information content (AvgIpc) is 2.57. The Hall–Kier alpha value is -2.63. The van der Waals surface area contributed by atoms with Gasteiger partial charge in [-0.3, -0.25) is 9.78 Å². The summed E-state index contributed by atoms with van der Waals surface area (Å²) in [6.07, 6.45) is 4.84. The summed E-state index contributed by atoms with van der Waals surface area (Å²) in [5, 5.41) is 17.6. The Balaban J connectivity index is 2.35. The van der Waals surface area contributed by atoms with Crippen LogP contribution < -0.4 is 15.3 Å². The number of benzene rings is 1. The summed E-state index contributed by atoms with van der Waals surface area (Å²) >= 11 is 0. The van der Waals surface area contributed by atoms with Crippen LogP contribution in [-0.4, -0.2) is 11.1 Å². The van der Waals surface area contributed by atoms with Crippen LogP contribution in [0.3, 0.4) is 0 Å². The fourth-order valence-electron chi connectivity index (χ4n) is 1.64. The van der Waals surface area contributed by atoms with Gasteiger partial charge in [0.1, 0.15) is 0 Å². The third-order valence-electron chi connectivity index (χ3n) is 2.42. The predicted octanol–water partition coefficient (Wildman–Crippen LogP) is 0.378. The minimum atomic E-state index is -1.17. The first-order chi connectivity index (χ1) is 8.25. The van der Waals surface area contributed by atoms with E-state index in [4.69, 9.17) is 9.99 Å². The molecule has 17 heavy (non-hydrogen) atoms. The van der Waals surface area contributed by atoms with Gasteiger partial charge in [0.15, 0.2) is 5.75 Å². The van der Waals surface area contributed by atoms with Gasteiger partial charge in [0.05, 0.1) is 17.6 Å². The highest BCUT2D eigenvalue weighted by molar-refractivity contribution is 6.05. The van der Waals surface area contributed by atoms with Gasteiger partial charge in [0, 0.05) is 5.22 Å². The van der Waals surface area contributed by atoms with Gasteiger partial charge in [-0.15, -0.1) is 0 Å². The number of rotatable bonds is 1. The first kappa shape index (κ1) is 9.59. The molecule has 2 heterocycles. The SMILES string of the molecule is O=C(O)C1=c2cc3c(cc2OO1)=CN=NC=C3. The van der Waals surface area contributed by atoms with Crippen molar-refractivity contribution in [2.24, 2.45) is 10.2 Å². The van der Waals surface area contributed by atoms with Crippen LogP contribution in [0.25, 0.3) is 18.0 Å². The van der Waals surface area contributed by atoms with Crippen LogP contribution in [0.15, 0.2) is 28.6 Å². The van der Waals surface area contributed by atoms with Gasteiger partial charge in [-0.05, 0) is 23.8 Å². The Morgan fingerprint density at radius 3 is 2.94 bits per heavy atom. The molecule has 0 aliphatic carbocycles. The maximum atomic E-state index is 10.9. The van der Waals surface area contributed by atoms with Crippen LogP contribution >= 0.6 is 0 Å². The highest BCUT2D eigenvalue weighted by atomic mass is 17.2. The fourth-order valence-corrected chi connectivity index (χ4v) is 1.64. The topological polar surface area (TPSA) is 80.5 Å². The molecule has 3 rings (SSSR count). The molecule has 1 aromatic rings. The van der Waals surface area contributed by atoms with Crippen molar-refractivity contribution in [3.63, 3.8) is 0 Å². The van der Waals surface area contributed by atoms with Gasteiger partial charge in [-0.1, -0.05) is 0 Å². The third kappa shape index (κ3) is 1.46. The molecule has 0 bridgehead atoms. The minimum Gasteiger partial charge on any atom is -0.475 e. The molecule has 0 spiro atoms. The number of carbonyl (C=O) groups is 1. The Morgan fingerprint density at radius 2 is 2.12 bits per heavy atom. The molecule has 0 radical (unpaired) electrons. The van der Waals surface area contributed by atoms with Crippen molar-refractivity contribution in [1.82, 2.24) is 0 Å². The molecule has 6 nitrogen and oxygen atoms in total. The van der Waals surface area contributed by atoms with Gasteiger partial charge in [-0.2, -0.15) is 10.2 Å². The lowest BCUT2D eigenvalue weighted by atomic mass is 10.1. The fraction of sp³-hybridized carbons (Fsp3) is 0. The standard InChI is InChI=1S/C11H6N2O4/c14-11(15)10-8-3-6-1-2-12-13-5-7(6)4-9(8)16-17-10/h1-5H,(H,14,15). The second-order valence-corrected chi connectivity index (χ2v) is 3.45. The summed E-state index contributed by atoms with van der Waals surface area (Å²) in [6, 6.07) is 3.33. The molecule has 6 heteroatoms. The maximum absolute atomic E-state index is 10.9. The molecule has 0 saturated carbocycles. The van der Waals surface area contributed by atoms with Gasteiger partial charge >= 0.3 is 5.97 Å². The van der Waals surface area contributed by atoms with Crippen molar-refractivity contribution < 1.29 is 19.7 Å². The summed E-state index contributed by atoms with van der Waals surface area (Å²) in [6.45, 7) is 0. The zero-order valence-corrected chi connectivity index (χ0v) is 8.45. The third-order valence-corrected chi connectivity index (χ3v) is 2.42. The molecule has 0 unspecified atom stereocenters. The number of fused-ring (bicyclic) bond motifs is 2. The Labute approximate surface area is 94.7 Å². The van der Waals surface area contributed by atoms with Gasteiger partial charge in [-0.25, -0.2) is 4.79 Å². The second kappa shape index (κ2) is 3.44. The van der Waals surface area contributed by atoms with E-state index in [1.165, 1.54) is 6.20 Å².